The fraction of sp³-hybridized carbons (Fsp3) is 0.357. The lowest BCUT2D eigenvalue weighted by atomic mass is 9.80. The highest BCUT2D eigenvalue weighted by Gasteiger charge is 2.38. The molecule has 38 heavy (non-hydrogen) atoms. The van der Waals surface area contributed by atoms with Gasteiger partial charge >= 0.3 is 5.69 Å². The van der Waals surface area contributed by atoms with Crippen LogP contribution in [-0.2, 0) is 12.1 Å². The molecule has 2 heterocycles. The Hall–Kier alpha value is -3.92. The summed E-state index contributed by atoms with van der Waals surface area (Å²) in [5.41, 5.74) is -0.196. The van der Waals surface area contributed by atoms with Gasteiger partial charge in [0.15, 0.2) is 0 Å². The Balaban J connectivity index is 1.30. The van der Waals surface area contributed by atoms with Crippen molar-refractivity contribution in [1.82, 2.24) is 29.1 Å². The van der Waals surface area contributed by atoms with E-state index >= 15 is 0 Å². The predicted octanol–water partition coefficient (Wildman–Crippen LogP) is 4.65. The van der Waals surface area contributed by atoms with E-state index < -0.39 is 23.2 Å². The SMILES string of the molecule is C[C@@H](C/C=C/c1ccc(-n2ncn(C3CCCC3)c2=O)cc1)[C@](O)(Cn1cncn1)c1ccc(F)cc1F. The molecule has 0 bridgehead atoms. The number of rotatable bonds is 9. The van der Waals surface area contributed by atoms with E-state index in [9.17, 15) is 18.7 Å². The van der Waals surface area contributed by atoms with E-state index in [4.69, 9.17) is 0 Å². The van der Waals surface area contributed by atoms with Gasteiger partial charge in [0.2, 0.25) is 0 Å². The van der Waals surface area contributed by atoms with Crippen molar-refractivity contribution in [3.63, 3.8) is 0 Å². The summed E-state index contributed by atoms with van der Waals surface area (Å²) in [5, 5.41) is 20.0. The second kappa shape index (κ2) is 10.8. The molecule has 2 aromatic heterocycles. The topological polar surface area (TPSA) is 90.8 Å². The van der Waals surface area contributed by atoms with Crippen LogP contribution in [0, 0.1) is 17.6 Å². The molecular weight excluding hydrogens is 490 g/mol. The van der Waals surface area contributed by atoms with Crippen molar-refractivity contribution < 1.29 is 13.9 Å². The maximum Gasteiger partial charge on any atom is 0.350 e. The van der Waals surface area contributed by atoms with E-state index in [1.807, 2.05) is 36.4 Å². The molecule has 0 unspecified atom stereocenters. The third-order valence-electron chi connectivity index (χ3n) is 7.43. The summed E-state index contributed by atoms with van der Waals surface area (Å²) < 4.78 is 32.8. The van der Waals surface area contributed by atoms with Crippen molar-refractivity contribution in [3.8, 4) is 5.69 Å². The number of aliphatic hydroxyl groups is 1. The van der Waals surface area contributed by atoms with Crippen molar-refractivity contribution in [2.45, 2.75) is 57.2 Å². The molecule has 0 aliphatic heterocycles. The van der Waals surface area contributed by atoms with Gasteiger partial charge in [-0.15, -0.1) is 0 Å². The smallest absolute Gasteiger partial charge is 0.350 e. The number of halogens is 2. The molecule has 1 aliphatic rings. The van der Waals surface area contributed by atoms with Crippen LogP contribution in [0.1, 0.15) is 56.2 Å². The van der Waals surface area contributed by atoms with Gasteiger partial charge in [0.25, 0.3) is 0 Å². The molecule has 1 saturated carbocycles. The van der Waals surface area contributed by atoms with Crippen LogP contribution in [0.2, 0.25) is 0 Å². The quantitative estimate of drug-likeness (QED) is 0.347. The molecule has 1 aliphatic carbocycles. The minimum absolute atomic E-state index is 0.00198. The second-order valence-electron chi connectivity index (χ2n) is 9.94. The van der Waals surface area contributed by atoms with Gasteiger partial charge in [-0.1, -0.05) is 50.1 Å². The number of hydrogen-bond acceptors (Lipinski definition) is 5. The molecule has 2 atom stereocenters. The van der Waals surface area contributed by atoms with Crippen molar-refractivity contribution in [2.24, 2.45) is 5.92 Å². The first-order valence-corrected chi connectivity index (χ1v) is 12.8. The molecule has 0 radical (unpaired) electrons. The monoisotopic (exact) mass is 520 g/mol. The maximum atomic E-state index is 14.7. The summed E-state index contributed by atoms with van der Waals surface area (Å²) in [6.45, 7) is 1.77. The van der Waals surface area contributed by atoms with Gasteiger partial charge in [-0.2, -0.15) is 14.9 Å². The van der Waals surface area contributed by atoms with Gasteiger partial charge in [0.1, 0.15) is 36.2 Å². The minimum Gasteiger partial charge on any atom is -0.383 e. The summed E-state index contributed by atoms with van der Waals surface area (Å²) in [7, 11) is 0. The van der Waals surface area contributed by atoms with E-state index in [-0.39, 0.29) is 23.8 Å². The molecule has 198 valence electrons. The van der Waals surface area contributed by atoms with E-state index in [1.165, 1.54) is 28.1 Å². The summed E-state index contributed by atoms with van der Waals surface area (Å²) in [6, 6.07) is 10.9. The standard InChI is InChI=1S/C28H30F2N6O2/c1-20(28(38,16-34-18-31-17-32-34)25-14-11-22(29)15-26(25)30)5-4-6-21-9-12-24(13-10-21)36-27(37)35(19-33-36)23-7-2-3-8-23/h4,6,9-15,17-20,23,38H,2-3,5,7-8,16H2,1H3/b6-4+/t20-,28+/m0/s1. The van der Waals surface area contributed by atoms with Crippen LogP contribution in [0.25, 0.3) is 11.8 Å². The first kappa shape index (κ1) is 25.7. The van der Waals surface area contributed by atoms with E-state index in [0.29, 0.717) is 12.1 Å². The molecule has 2 aromatic carbocycles. The highest BCUT2D eigenvalue weighted by atomic mass is 19.1. The lowest BCUT2D eigenvalue weighted by Gasteiger charge is -2.34. The third-order valence-corrected chi connectivity index (χ3v) is 7.43. The lowest BCUT2D eigenvalue weighted by molar-refractivity contribution is -0.0379. The van der Waals surface area contributed by atoms with Crippen LogP contribution >= 0.6 is 0 Å². The van der Waals surface area contributed by atoms with Crippen molar-refractivity contribution in [2.75, 3.05) is 0 Å². The largest absolute Gasteiger partial charge is 0.383 e. The molecule has 10 heteroatoms. The average molecular weight is 521 g/mol. The van der Waals surface area contributed by atoms with Crippen LogP contribution in [0.15, 0.2) is 72.3 Å². The van der Waals surface area contributed by atoms with Crippen LogP contribution < -0.4 is 5.69 Å². The molecule has 5 rings (SSSR count). The van der Waals surface area contributed by atoms with Crippen LogP contribution in [0.3, 0.4) is 0 Å². The van der Waals surface area contributed by atoms with Gasteiger partial charge in [0.05, 0.1) is 12.2 Å². The van der Waals surface area contributed by atoms with Gasteiger partial charge in [-0.3, -0.25) is 4.57 Å². The number of nitrogens with zero attached hydrogens (tertiary/aromatic N) is 6. The van der Waals surface area contributed by atoms with E-state index in [0.717, 1.165) is 43.4 Å². The van der Waals surface area contributed by atoms with Crippen molar-refractivity contribution in [3.05, 3.63) is 101 Å². The fourth-order valence-electron chi connectivity index (χ4n) is 5.16. The first-order valence-electron chi connectivity index (χ1n) is 12.8. The van der Waals surface area contributed by atoms with Gasteiger partial charge < -0.3 is 5.11 Å². The summed E-state index contributed by atoms with van der Waals surface area (Å²) >= 11 is 0. The number of allylic oxidation sites excluding steroid dienone is 1. The minimum atomic E-state index is -1.65. The van der Waals surface area contributed by atoms with E-state index in [1.54, 1.807) is 17.8 Å². The Morgan fingerprint density at radius 2 is 1.87 bits per heavy atom. The molecular formula is C28H30F2N6O2. The first-order chi connectivity index (χ1) is 18.3. The molecule has 4 aromatic rings. The summed E-state index contributed by atoms with van der Waals surface area (Å²) in [4.78, 5) is 16.7. The molecule has 1 fully saturated rings. The Morgan fingerprint density at radius 1 is 1.11 bits per heavy atom. The Kier molecular flexibility index (Phi) is 7.33. The Labute approximate surface area is 218 Å². The highest BCUT2D eigenvalue weighted by Crippen LogP contribution is 2.36. The van der Waals surface area contributed by atoms with Crippen molar-refractivity contribution >= 4 is 6.08 Å². The number of benzene rings is 2. The molecule has 0 spiro atoms. The zero-order valence-corrected chi connectivity index (χ0v) is 21.1. The van der Waals surface area contributed by atoms with Gasteiger partial charge in [-0.25, -0.2) is 23.2 Å². The average Bonchev–Trinajstić information content (AvgIpc) is 3.67. The summed E-state index contributed by atoms with van der Waals surface area (Å²) in [5.74, 6) is -1.97. The molecule has 8 nitrogen and oxygen atoms in total. The summed E-state index contributed by atoms with van der Waals surface area (Å²) in [6.07, 6.45) is 12.9. The zero-order valence-electron chi connectivity index (χ0n) is 21.1. The van der Waals surface area contributed by atoms with Crippen molar-refractivity contribution in [1.29, 1.82) is 0 Å². The van der Waals surface area contributed by atoms with Gasteiger partial charge in [-0.05, 0) is 48.9 Å². The Bertz CT molecular complexity index is 1460. The number of hydrogen-bond donors (Lipinski definition) is 1. The predicted molar refractivity (Wildman–Crippen MR) is 138 cm³/mol. The normalized spacial score (nSPS) is 16.7. The zero-order chi connectivity index (χ0) is 26.7. The molecule has 0 saturated heterocycles. The fourth-order valence-corrected chi connectivity index (χ4v) is 5.16. The second-order valence-corrected chi connectivity index (χ2v) is 9.94. The van der Waals surface area contributed by atoms with Gasteiger partial charge in [0, 0.05) is 17.7 Å². The van der Waals surface area contributed by atoms with Crippen LogP contribution in [0.4, 0.5) is 8.78 Å². The lowest BCUT2D eigenvalue weighted by Crippen LogP contribution is -2.39. The molecule has 0 amide bonds. The Morgan fingerprint density at radius 3 is 2.55 bits per heavy atom. The number of aromatic nitrogens is 6. The van der Waals surface area contributed by atoms with Crippen LogP contribution in [0.5, 0.6) is 0 Å². The maximum absolute atomic E-state index is 14.7. The third kappa shape index (κ3) is 5.22. The van der Waals surface area contributed by atoms with E-state index in [2.05, 4.69) is 15.2 Å². The molecule has 1 N–H and O–H groups in total. The highest BCUT2D eigenvalue weighted by molar-refractivity contribution is 5.51. The van der Waals surface area contributed by atoms with Crippen LogP contribution in [-0.4, -0.2) is 34.2 Å².